The minimum absolute atomic E-state index is 0.265. The number of likely N-dealkylation sites (tertiary alicyclic amines) is 1. The number of hydrogen-bond acceptors (Lipinski definition) is 4. The molecule has 1 aliphatic rings. The maximum atomic E-state index is 4.17. The van der Waals surface area contributed by atoms with Crippen molar-refractivity contribution >= 4 is 0 Å². The summed E-state index contributed by atoms with van der Waals surface area (Å²) in [5, 5.41) is 10.4. The molecule has 1 aromatic heterocycles. The van der Waals surface area contributed by atoms with Gasteiger partial charge in [-0.3, -0.25) is 5.10 Å². The van der Waals surface area contributed by atoms with Crippen LogP contribution in [-0.2, 0) is 0 Å². The molecule has 0 bridgehead atoms. The van der Waals surface area contributed by atoms with Gasteiger partial charge >= 0.3 is 0 Å². The first-order chi connectivity index (χ1) is 7.79. The van der Waals surface area contributed by atoms with Crippen LogP contribution in [0.3, 0.4) is 0 Å². The van der Waals surface area contributed by atoms with Gasteiger partial charge in [0.05, 0.1) is 6.04 Å². The number of hydrogen-bond donors (Lipinski definition) is 2. The van der Waals surface area contributed by atoms with Crippen molar-refractivity contribution < 1.29 is 0 Å². The second-order valence-electron chi connectivity index (χ2n) is 4.47. The van der Waals surface area contributed by atoms with Crippen LogP contribution in [0.4, 0.5) is 0 Å². The van der Waals surface area contributed by atoms with Gasteiger partial charge in [0, 0.05) is 6.04 Å². The first-order valence-corrected chi connectivity index (χ1v) is 6.13. The van der Waals surface area contributed by atoms with E-state index in [1.54, 1.807) is 6.33 Å². The third-order valence-electron chi connectivity index (χ3n) is 3.36. The molecule has 5 nitrogen and oxygen atoms in total. The van der Waals surface area contributed by atoms with Crippen LogP contribution in [0.25, 0.3) is 0 Å². The van der Waals surface area contributed by atoms with Gasteiger partial charge in [0.1, 0.15) is 12.2 Å². The molecule has 2 heterocycles. The zero-order chi connectivity index (χ0) is 11.4. The van der Waals surface area contributed by atoms with Gasteiger partial charge in [0.25, 0.3) is 0 Å². The van der Waals surface area contributed by atoms with E-state index in [1.807, 2.05) is 0 Å². The average Bonchev–Trinajstić information content (AvgIpc) is 2.83. The highest BCUT2D eigenvalue weighted by atomic mass is 15.2. The highest BCUT2D eigenvalue weighted by molar-refractivity contribution is 4.91. The molecule has 90 valence electrons. The molecule has 2 rings (SSSR count). The highest BCUT2D eigenvalue weighted by Crippen LogP contribution is 2.14. The molecule has 0 aliphatic carbocycles. The van der Waals surface area contributed by atoms with Gasteiger partial charge in [-0.15, -0.1) is 0 Å². The van der Waals surface area contributed by atoms with E-state index in [0.717, 1.165) is 5.82 Å². The topological polar surface area (TPSA) is 56.8 Å². The SMILES string of the molecule is CCN1CCC(NC(C)c2ncn[nH]2)CC1. The lowest BCUT2D eigenvalue weighted by Crippen LogP contribution is -2.43. The fraction of sp³-hybridized carbons (Fsp3) is 0.818. The molecular weight excluding hydrogens is 202 g/mol. The molecule has 1 aromatic rings. The minimum atomic E-state index is 0.265. The van der Waals surface area contributed by atoms with Crippen LogP contribution in [0.5, 0.6) is 0 Å². The van der Waals surface area contributed by atoms with Crippen LogP contribution in [0.1, 0.15) is 38.6 Å². The van der Waals surface area contributed by atoms with Gasteiger partial charge in [0.2, 0.25) is 0 Å². The first kappa shape index (κ1) is 11.5. The Morgan fingerprint density at radius 2 is 2.31 bits per heavy atom. The summed E-state index contributed by atoms with van der Waals surface area (Å²) in [5.41, 5.74) is 0. The Morgan fingerprint density at radius 1 is 1.56 bits per heavy atom. The van der Waals surface area contributed by atoms with E-state index in [2.05, 4.69) is 39.2 Å². The van der Waals surface area contributed by atoms with Gasteiger partial charge in [-0.05, 0) is 39.4 Å². The van der Waals surface area contributed by atoms with Crippen molar-refractivity contribution in [1.82, 2.24) is 25.4 Å². The lowest BCUT2D eigenvalue weighted by Gasteiger charge is -2.32. The molecule has 5 heteroatoms. The number of aromatic nitrogens is 3. The second kappa shape index (κ2) is 5.41. The van der Waals surface area contributed by atoms with Gasteiger partial charge in [0.15, 0.2) is 0 Å². The van der Waals surface area contributed by atoms with E-state index < -0.39 is 0 Å². The number of H-pyrrole nitrogens is 1. The summed E-state index contributed by atoms with van der Waals surface area (Å²) in [5.74, 6) is 0.929. The van der Waals surface area contributed by atoms with Crippen LogP contribution in [0.2, 0.25) is 0 Å². The number of piperidine rings is 1. The van der Waals surface area contributed by atoms with E-state index >= 15 is 0 Å². The number of rotatable bonds is 4. The Morgan fingerprint density at radius 3 is 2.88 bits per heavy atom. The quantitative estimate of drug-likeness (QED) is 0.797. The summed E-state index contributed by atoms with van der Waals surface area (Å²) < 4.78 is 0. The molecular formula is C11H21N5. The second-order valence-corrected chi connectivity index (χ2v) is 4.47. The molecule has 1 unspecified atom stereocenters. The Bertz CT molecular complexity index is 289. The van der Waals surface area contributed by atoms with Gasteiger partial charge in [-0.25, -0.2) is 4.98 Å². The monoisotopic (exact) mass is 223 g/mol. The van der Waals surface area contributed by atoms with Gasteiger partial charge in [-0.2, -0.15) is 5.10 Å². The maximum absolute atomic E-state index is 4.17. The lowest BCUT2D eigenvalue weighted by molar-refractivity contribution is 0.199. The van der Waals surface area contributed by atoms with Crippen molar-refractivity contribution in [3.8, 4) is 0 Å². The van der Waals surface area contributed by atoms with E-state index in [0.29, 0.717) is 6.04 Å². The third kappa shape index (κ3) is 2.80. The smallest absolute Gasteiger partial charge is 0.141 e. The Hall–Kier alpha value is -0.940. The molecule has 1 atom stereocenters. The van der Waals surface area contributed by atoms with Crippen LogP contribution < -0.4 is 5.32 Å². The molecule has 1 aliphatic heterocycles. The van der Waals surface area contributed by atoms with Crippen LogP contribution in [-0.4, -0.2) is 45.8 Å². The molecule has 1 fully saturated rings. The fourth-order valence-corrected chi connectivity index (χ4v) is 2.27. The van der Waals surface area contributed by atoms with E-state index in [-0.39, 0.29) is 6.04 Å². The van der Waals surface area contributed by atoms with Crippen molar-refractivity contribution in [2.24, 2.45) is 0 Å². The fourth-order valence-electron chi connectivity index (χ4n) is 2.27. The van der Waals surface area contributed by atoms with E-state index in [9.17, 15) is 0 Å². The largest absolute Gasteiger partial charge is 0.305 e. The Balaban J connectivity index is 1.78. The van der Waals surface area contributed by atoms with E-state index in [4.69, 9.17) is 0 Å². The molecule has 0 radical (unpaired) electrons. The van der Waals surface area contributed by atoms with Crippen molar-refractivity contribution in [2.75, 3.05) is 19.6 Å². The molecule has 1 saturated heterocycles. The standard InChI is InChI=1S/C11H21N5/c1-3-16-6-4-10(5-7-16)14-9(2)11-12-8-13-15-11/h8-10,14H,3-7H2,1-2H3,(H,12,13,15). The summed E-state index contributed by atoms with van der Waals surface area (Å²) in [6.45, 7) is 7.94. The number of nitrogens with one attached hydrogen (secondary N) is 2. The van der Waals surface area contributed by atoms with E-state index in [1.165, 1.54) is 32.5 Å². The van der Waals surface area contributed by atoms with Crippen molar-refractivity contribution in [1.29, 1.82) is 0 Å². The van der Waals surface area contributed by atoms with Crippen LogP contribution in [0.15, 0.2) is 6.33 Å². The summed E-state index contributed by atoms with van der Waals surface area (Å²) in [7, 11) is 0. The highest BCUT2D eigenvalue weighted by Gasteiger charge is 2.20. The normalized spacial score (nSPS) is 21.1. The number of nitrogens with zero attached hydrogens (tertiary/aromatic N) is 3. The van der Waals surface area contributed by atoms with Gasteiger partial charge in [-0.1, -0.05) is 6.92 Å². The van der Waals surface area contributed by atoms with Crippen LogP contribution >= 0.6 is 0 Å². The zero-order valence-electron chi connectivity index (χ0n) is 10.1. The molecule has 0 amide bonds. The summed E-state index contributed by atoms with van der Waals surface area (Å²) in [6.07, 6.45) is 4.02. The summed E-state index contributed by atoms with van der Waals surface area (Å²) in [4.78, 5) is 6.67. The molecule has 2 N–H and O–H groups in total. The maximum Gasteiger partial charge on any atom is 0.141 e. The average molecular weight is 223 g/mol. The zero-order valence-corrected chi connectivity index (χ0v) is 10.1. The third-order valence-corrected chi connectivity index (χ3v) is 3.36. The Kier molecular flexibility index (Phi) is 3.90. The summed E-state index contributed by atoms with van der Waals surface area (Å²) >= 11 is 0. The number of aromatic amines is 1. The molecule has 0 saturated carbocycles. The Labute approximate surface area is 96.6 Å². The predicted octanol–water partition coefficient (Wildman–Crippen LogP) is 0.940. The molecule has 0 spiro atoms. The molecule has 0 aromatic carbocycles. The van der Waals surface area contributed by atoms with Crippen molar-refractivity contribution in [2.45, 2.75) is 38.8 Å². The molecule has 16 heavy (non-hydrogen) atoms. The van der Waals surface area contributed by atoms with Gasteiger partial charge < -0.3 is 10.2 Å². The summed E-state index contributed by atoms with van der Waals surface area (Å²) in [6, 6.07) is 0.878. The first-order valence-electron chi connectivity index (χ1n) is 6.13. The lowest BCUT2D eigenvalue weighted by atomic mass is 10.0. The predicted molar refractivity (Wildman–Crippen MR) is 63.1 cm³/mol. The van der Waals surface area contributed by atoms with Crippen molar-refractivity contribution in [3.05, 3.63) is 12.2 Å². The van der Waals surface area contributed by atoms with Crippen LogP contribution in [0, 0.1) is 0 Å². The van der Waals surface area contributed by atoms with Crippen molar-refractivity contribution in [3.63, 3.8) is 0 Å². The minimum Gasteiger partial charge on any atom is -0.305 e.